The van der Waals surface area contributed by atoms with E-state index in [0.29, 0.717) is 19.6 Å². The van der Waals surface area contributed by atoms with Gasteiger partial charge >= 0.3 is 0 Å². The van der Waals surface area contributed by atoms with Crippen molar-refractivity contribution in [1.82, 2.24) is 4.90 Å². The largest absolute Gasteiger partial charge is 0.386 e. The van der Waals surface area contributed by atoms with Crippen molar-refractivity contribution >= 4 is 5.91 Å². The van der Waals surface area contributed by atoms with Gasteiger partial charge < -0.3 is 15.7 Å². The lowest BCUT2D eigenvalue weighted by Crippen LogP contribution is -2.63. The number of amides is 1. The molecule has 1 heterocycles. The second-order valence-electron chi connectivity index (χ2n) is 4.78. The number of β-amino-alcohol motifs (C(OH)–C–C–N with tert-alkyl or cyclic N) is 1. The Kier molecular flexibility index (Phi) is 3.17. The first-order valence-electron chi connectivity index (χ1n) is 5.08. The van der Waals surface area contributed by atoms with Crippen LogP contribution in [-0.4, -0.2) is 41.1 Å². The van der Waals surface area contributed by atoms with Gasteiger partial charge in [0, 0.05) is 6.54 Å². The molecule has 1 rings (SSSR count). The maximum atomic E-state index is 11.8. The molecule has 1 atom stereocenters. The van der Waals surface area contributed by atoms with E-state index in [2.05, 4.69) is 0 Å². The zero-order chi connectivity index (χ0) is 10.9. The highest BCUT2D eigenvalue weighted by Crippen LogP contribution is 2.23. The predicted octanol–water partition coefficient (Wildman–Crippen LogP) is -0.189. The van der Waals surface area contributed by atoms with Crippen LogP contribution in [0.5, 0.6) is 0 Å². The van der Waals surface area contributed by atoms with E-state index < -0.39 is 5.60 Å². The highest BCUT2D eigenvalue weighted by molar-refractivity contribution is 5.80. The molecule has 4 heteroatoms. The molecule has 0 aliphatic carbocycles. The lowest BCUT2D eigenvalue weighted by Gasteiger charge is -2.45. The number of nitrogens with zero attached hydrogens (tertiary/aromatic N) is 1. The quantitative estimate of drug-likeness (QED) is 0.663. The third-order valence-corrected chi connectivity index (χ3v) is 2.75. The summed E-state index contributed by atoms with van der Waals surface area (Å²) in [5, 5.41) is 9.50. The van der Waals surface area contributed by atoms with E-state index in [1.165, 1.54) is 0 Å². The van der Waals surface area contributed by atoms with Gasteiger partial charge in [-0.25, -0.2) is 0 Å². The number of rotatable bonds is 3. The lowest BCUT2D eigenvalue weighted by molar-refractivity contribution is -0.157. The highest BCUT2D eigenvalue weighted by atomic mass is 16.3. The molecule has 0 aromatic rings. The van der Waals surface area contributed by atoms with Crippen LogP contribution in [0, 0.1) is 11.8 Å². The van der Waals surface area contributed by atoms with Crippen molar-refractivity contribution in [3.63, 3.8) is 0 Å². The molecule has 1 aliphatic heterocycles. The van der Waals surface area contributed by atoms with E-state index in [1.54, 1.807) is 11.8 Å². The maximum absolute atomic E-state index is 11.8. The molecule has 0 saturated carbocycles. The van der Waals surface area contributed by atoms with Crippen LogP contribution < -0.4 is 5.73 Å². The van der Waals surface area contributed by atoms with Crippen LogP contribution in [0.4, 0.5) is 0 Å². The van der Waals surface area contributed by atoms with Crippen molar-refractivity contribution in [3.8, 4) is 0 Å². The molecule has 82 valence electrons. The van der Waals surface area contributed by atoms with Gasteiger partial charge in [0.2, 0.25) is 5.91 Å². The minimum absolute atomic E-state index is 0.0778. The Bertz CT molecular complexity index is 218. The van der Waals surface area contributed by atoms with Gasteiger partial charge in [-0.2, -0.15) is 0 Å². The van der Waals surface area contributed by atoms with Gasteiger partial charge in [0.1, 0.15) is 0 Å². The summed E-state index contributed by atoms with van der Waals surface area (Å²) in [5.41, 5.74) is 4.86. The molecule has 14 heavy (non-hydrogen) atoms. The van der Waals surface area contributed by atoms with Crippen LogP contribution in [0.1, 0.15) is 20.8 Å². The minimum atomic E-state index is -0.689. The monoisotopic (exact) mass is 200 g/mol. The average Bonchev–Trinajstić information content (AvgIpc) is 2.00. The minimum Gasteiger partial charge on any atom is -0.386 e. The molecule has 3 N–H and O–H groups in total. The summed E-state index contributed by atoms with van der Waals surface area (Å²) in [4.78, 5) is 13.5. The van der Waals surface area contributed by atoms with Crippen LogP contribution in [0.25, 0.3) is 0 Å². The summed E-state index contributed by atoms with van der Waals surface area (Å²) in [6.07, 6.45) is 0. The molecule has 0 aromatic carbocycles. The molecule has 1 unspecified atom stereocenters. The van der Waals surface area contributed by atoms with Crippen LogP contribution >= 0.6 is 0 Å². The molecule has 1 amide bonds. The number of hydrogen-bond acceptors (Lipinski definition) is 3. The van der Waals surface area contributed by atoms with Gasteiger partial charge in [-0.05, 0) is 12.8 Å². The molecule has 0 spiro atoms. The second-order valence-corrected chi connectivity index (χ2v) is 4.78. The summed E-state index contributed by atoms with van der Waals surface area (Å²) in [5.74, 6) is 0.234. The van der Waals surface area contributed by atoms with Crippen molar-refractivity contribution in [1.29, 1.82) is 0 Å². The fourth-order valence-electron chi connectivity index (χ4n) is 1.82. The third-order valence-electron chi connectivity index (χ3n) is 2.75. The zero-order valence-electron chi connectivity index (χ0n) is 9.16. The number of hydrogen-bond donors (Lipinski definition) is 2. The molecule has 0 bridgehead atoms. The van der Waals surface area contributed by atoms with Crippen LogP contribution in [0.15, 0.2) is 0 Å². The Morgan fingerprint density at radius 1 is 1.57 bits per heavy atom. The molecule has 1 saturated heterocycles. The van der Waals surface area contributed by atoms with Crippen molar-refractivity contribution < 1.29 is 9.90 Å². The fraction of sp³-hybridized carbons (Fsp3) is 0.900. The number of nitrogens with two attached hydrogens (primary N) is 1. The molecule has 0 radical (unpaired) electrons. The van der Waals surface area contributed by atoms with Gasteiger partial charge in [0.05, 0.1) is 24.6 Å². The molecular formula is C10H20N2O2. The molecule has 1 aliphatic rings. The fourth-order valence-corrected chi connectivity index (χ4v) is 1.82. The third kappa shape index (κ3) is 2.25. The summed E-state index contributed by atoms with van der Waals surface area (Å²) in [7, 11) is 0. The number of carbonyl (C=O) groups excluding carboxylic acids is 1. The first-order chi connectivity index (χ1) is 6.37. The van der Waals surface area contributed by atoms with Crippen molar-refractivity contribution in [2.75, 3.05) is 19.6 Å². The van der Waals surface area contributed by atoms with Gasteiger partial charge in [-0.3, -0.25) is 4.79 Å². The Morgan fingerprint density at radius 2 is 2.07 bits per heavy atom. The van der Waals surface area contributed by atoms with E-state index in [1.807, 2.05) is 13.8 Å². The van der Waals surface area contributed by atoms with E-state index in [-0.39, 0.29) is 17.7 Å². The number of carbonyl (C=O) groups is 1. The van der Waals surface area contributed by atoms with Crippen LogP contribution in [-0.2, 0) is 4.79 Å². The van der Waals surface area contributed by atoms with Crippen LogP contribution in [0.3, 0.4) is 0 Å². The van der Waals surface area contributed by atoms with E-state index in [0.717, 1.165) is 0 Å². The normalized spacial score (nSPS) is 22.0. The summed E-state index contributed by atoms with van der Waals surface area (Å²) in [6.45, 7) is 6.99. The first kappa shape index (κ1) is 11.5. The molecule has 1 fully saturated rings. The van der Waals surface area contributed by atoms with Gasteiger partial charge in [-0.15, -0.1) is 0 Å². The van der Waals surface area contributed by atoms with E-state index >= 15 is 0 Å². The van der Waals surface area contributed by atoms with E-state index in [4.69, 9.17) is 5.73 Å². The predicted molar refractivity (Wildman–Crippen MR) is 54.6 cm³/mol. The Morgan fingerprint density at radius 3 is 2.36 bits per heavy atom. The van der Waals surface area contributed by atoms with Crippen molar-refractivity contribution in [2.24, 2.45) is 17.6 Å². The van der Waals surface area contributed by atoms with Crippen molar-refractivity contribution in [3.05, 3.63) is 0 Å². The Balaban J connectivity index is 2.50. The van der Waals surface area contributed by atoms with Gasteiger partial charge in [0.15, 0.2) is 0 Å². The second kappa shape index (κ2) is 3.87. The topological polar surface area (TPSA) is 66.6 Å². The van der Waals surface area contributed by atoms with E-state index in [9.17, 15) is 9.90 Å². The molecule has 4 nitrogen and oxygen atoms in total. The maximum Gasteiger partial charge on any atom is 0.227 e. The zero-order valence-corrected chi connectivity index (χ0v) is 9.16. The Hall–Kier alpha value is -0.610. The highest BCUT2D eigenvalue weighted by Gasteiger charge is 2.41. The van der Waals surface area contributed by atoms with Gasteiger partial charge in [-0.1, -0.05) is 13.8 Å². The van der Waals surface area contributed by atoms with Crippen LogP contribution in [0.2, 0.25) is 0 Å². The summed E-state index contributed by atoms with van der Waals surface area (Å²) in [6, 6.07) is 0. The number of aliphatic hydroxyl groups is 1. The Labute approximate surface area is 85.1 Å². The smallest absolute Gasteiger partial charge is 0.227 e. The molecular weight excluding hydrogens is 180 g/mol. The number of likely N-dealkylation sites (tertiary alicyclic amines) is 1. The van der Waals surface area contributed by atoms with Gasteiger partial charge in [0.25, 0.3) is 0 Å². The van der Waals surface area contributed by atoms with Crippen molar-refractivity contribution in [2.45, 2.75) is 26.4 Å². The summed E-state index contributed by atoms with van der Waals surface area (Å²) >= 11 is 0. The standard InChI is InChI=1S/C10H20N2O2/c1-7(2)8(4-11)9(13)12-5-10(3,14)6-12/h7-8,14H,4-6,11H2,1-3H3. The SMILES string of the molecule is CC(C)C(CN)C(=O)N1CC(C)(O)C1. The lowest BCUT2D eigenvalue weighted by atomic mass is 9.90. The first-order valence-corrected chi connectivity index (χ1v) is 5.08. The molecule has 0 aromatic heterocycles. The average molecular weight is 200 g/mol. The summed E-state index contributed by atoms with van der Waals surface area (Å²) < 4.78 is 0.